The number of aromatic nitrogens is 2. The topological polar surface area (TPSA) is 78.8 Å². The maximum Gasteiger partial charge on any atom is 0.358 e. The molecular weight excluding hydrogens is 242 g/mol. The maximum atomic E-state index is 11.5. The summed E-state index contributed by atoms with van der Waals surface area (Å²) in [4.78, 5) is 11.5. The normalized spacial score (nSPS) is 9.89. The van der Waals surface area contributed by atoms with E-state index in [4.69, 9.17) is 10.00 Å². The van der Waals surface area contributed by atoms with Gasteiger partial charge in [-0.15, -0.1) is 0 Å². The van der Waals surface area contributed by atoms with Crippen LogP contribution in [0.1, 0.15) is 34.2 Å². The number of nitrogens with one attached hydrogen (secondary N) is 1. The summed E-state index contributed by atoms with van der Waals surface area (Å²) in [5, 5.41) is 15.5. The van der Waals surface area contributed by atoms with E-state index in [0.717, 1.165) is 11.3 Å². The van der Waals surface area contributed by atoms with E-state index in [0.29, 0.717) is 18.6 Å². The molecule has 0 aliphatic rings. The van der Waals surface area contributed by atoms with Crippen molar-refractivity contribution < 1.29 is 9.53 Å². The van der Waals surface area contributed by atoms with Crippen molar-refractivity contribution in [3.05, 3.63) is 52.8 Å². The second kappa shape index (κ2) is 5.83. The van der Waals surface area contributed by atoms with Crippen molar-refractivity contribution in [1.29, 1.82) is 5.26 Å². The fourth-order valence-electron chi connectivity index (χ4n) is 1.73. The van der Waals surface area contributed by atoms with Crippen LogP contribution in [-0.2, 0) is 11.2 Å². The third-order valence-electron chi connectivity index (χ3n) is 2.57. The molecular formula is C14H13N3O2. The Labute approximate surface area is 110 Å². The van der Waals surface area contributed by atoms with Gasteiger partial charge in [0.2, 0.25) is 0 Å². The van der Waals surface area contributed by atoms with Crippen LogP contribution in [0, 0.1) is 11.3 Å². The summed E-state index contributed by atoms with van der Waals surface area (Å²) in [6.07, 6.45) is 0.585. The minimum Gasteiger partial charge on any atom is -0.461 e. The third-order valence-corrected chi connectivity index (χ3v) is 2.57. The monoisotopic (exact) mass is 255 g/mol. The molecule has 0 amide bonds. The van der Waals surface area contributed by atoms with E-state index in [-0.39, 0.29) is 5.69 Å². The van der Waals surface area contributed by atoms with Gasteiger partial charge in [0.05, 0.1) is 18.2 Å². The Morgan fingerprint density at radius 3 is 3.05 bits per heavy atom. The molecule has 1 N–H and O–H groups in total. The first-order valence-electron chi connectivity index (χ1n) is 5.93. The van der Waals surface area contributed by atoms with Crippen LogP contribution in [0.15, 0.2) is 30.3 Å². The zero-order valence-electron chi connectivity index (χ0n) is 10.5. The van der Waals surface area contributed by atoms with Gasteiger partial charge in [-0.25, -0.2) is 4.79 Å². The Bertz CT molecular complexity index is 626. The number of benzene rings is 1. The van der Waals surface area contributed by atoms with Crippen molar-refractivity contribution in [3.63, 3.8) is 0 Å². The van der Waals surface area contributed by atoms with Gasteiger partial charge in [0.25, 0.3) is 0 Å². The first kappa shape index (κ1) is 12.8. The molecule has 0 saturated heterocycles. The number of esters is 1. The quantitative estimate of drug-likeness (QED) is 0.848. The SMILES string of the molecule is CCOC(=O)c1cc(Cc2cccc(C#N)c2)[nH]n1. The van der Waals surface area contributed by atoms with E-state index >= 15 is 0 Å². The molecule has 0 radical (unpaired) electrons. The summed E-state index contributed by atoms with van der Waals surface area (Å²) in [6, 6.07) is 11.1. The molecule has 0 bridgehead atoms. The zero-order valence-corrected chi connectivity index (χ0v) is 10.5. The Kier molecular flexibility index (Phi) is 3.94. The summed E-state index contributed by atoms with van der Waals surface area (Å²) in [5.41, 5.74) is 2.67. The van der Waals surface area contributed by atoms with Gasteiger partial charge in [-0.2, -0.15) is 10.4 Å². The first-order valence-corrected chi connectivity index (χ1v) is 5.93. The standard InChI is InChI=1S/C14H13N3O2/c1-2-19-14(18)13-8-12(16-17-13)7-10-4-3-5-11(6-10)9-15/h3-6,8H,2,7H2,1H3,(H,16,17). The third kappa shape index (κ3) is 3.19. The molecule has 96 valence electrons. The van der Waals surface area contributed by atoms with Crippen LogP contribution in [0.3, 0.4) is 0 Å². The molecule has 1 heterocycles. The molecule has 0 unspecified atom stereocenters. The van der Waals surface area contributed by atoms with Crippen LogP contribution in [0.4, 0.5) is 0 Å². The van der Waals surface area contributed by atoms with Crippen LogP contribution in [0.25, 0.3) is 0 Å². The van der Waals surface area contributed by atoms with Gasteiger partial charge in [-0.05, 0) is 30.7 Å². The Morgan fingerprint density at radius 2 is 2.32 bits per heavy atom. The van der Waals surface area contributed by atoms with E-state index in [9.17, 15) is 4.79 Å². The van der Waals surface area contributed by atoms with E-state index < -0.39 is 5.97 Å². The highest BCUT2D eigenvalue weighted by Crippen LogP contribution is 2.11. The molecule has 5 nitrogen and oxygen atoms in total. The number of H-pyrrole nitrogens is 1. The molecule has 0 spiro atoms. The van der Waals surface area contributed by atoms with E-state index in [1.807, 2.05) is 18.2 Å². The van der Waals surface area contributed by atoms with E-state index in [1.54, 1.807) is 19.1 Å². The average Bonchev–Trinajstić information content (AvgIpc) is 2.88. The van der Waals surface area contributed by atoms with E-state index in [1.165, 1.54) is 0 Å². The van der Waals surface area contributed by atoms with Crippen molar-refractivity contribution in [1.82, 2.24) is 10.2 Å². The largest absolute Gasteiger partial charge is 0.461 e. The fraction of sp³-hybridized carbons (Fsp3) is 0.214. The van der Waals surface area contributed by atoms with Gasteiger partial charge < -0.3 is 4.74 Å². The summed E-state index contributed by atoms with van der Waals surface area (Å²) in [5.74, 6) is -0.434. The van der Waals surface area contributed by atoms with Crippen LogP contribution in [0.2, 0.25) is 0 Å². The summed E-state index contributed by atoms with van der Waals surface area (Å²) < 4.78 is 4.86. The van der Waals surface area contributed by atoms with E-state index in [2.05, 4.69) is 16.3 Å². The number of aromatic amines is 1. The molecule has 0 aliphatic heterocycles. The molecule has 1 aromatic carbocycles. The molecule has 0 aliphatic carbocycles. The smallest absolute Gasteiger partial charge is 0.358 e. The number of rotatable bonds is 4. The van der Waals surface area contributed by atoms with Crippen LogP contribution in [0.5, 0.6) is 0 Å². The second-order valence-electron chi connectivity index (χ2n) is 3.99. The second-order valence-corrected chi connectivity index (χ2v) is 3.99. The van der Waals surface area contributed by atoms with Gasteiger partial charge >= 0.3 is 5.97 Å². The minimum atomic E-state index is -0.434. The average molecular weight is 255 g/mol. The number of carbonyl (C=O) groups is 1. The number of hydrogen-bond donors (Lipinski definition) is 1. The van der Waals surface area contributed by atoms with Gasteiger partial charge in [0.15, 0.2) is 5.69 Å². The highest BCUT2D eigenvalue weighted by molar-refractivity contribution is 5.87. The summed E-state index contributed by atoms with van der Waals surface area (Å²) in [7, 11) is 0. The molecule has 1 aromatic heterocycles. The van der Waals surface area contributed by atoms with Gasteiger partial charge in [-0.1, -0.05) is 12.1 Å². The lowest BCUT2D eigenvalue weighted by Gasteiger charge is -1.98. The molecule has 2 rings (SSSR count). The molecule has 0 fully saturated rings. The highest BCUT2D eigenvalue weighted by Gasteiger charge is 2.11. The maximum absolute atomic E-state index is 11.5. The lowest BCUT2D eigenvalue weighted by molar-refractivity contribution is 0.0519. The Hall–Kier alpha value is -2.61. The molecule has 0 atom stereocenters. The predicted molar refractivity (Wildman–Crippen MR) is 68.5 cm³/mol. The van der Waals surface area contributed by atoms with Crippen molar-refractivity contribution in [3.8, 4) is 6.07 Å². The Balaban J connectivity index is 2.11. The van der Waals surface area contributed by atoms with Crippen LogP contribution >= 0.6 is 0 Å². The lowest BCUT2D eigenvalue weighted by Crippen LogP contribution is -2.04. The fourth-order valence-corrected chi connectivity index (χ4v) is 1.73. The number of nitrogens with zero attached hydrogens (tertiary/aromatic N) is 2. The highest BCUT2D eigenvalue weighted by atomic mass is 16.5. The molecule has 19 heavy (non-hydrogen) atoms. The van der Waals surface area contributed by atoms with Crippen molar-refractivity contribution in [2.75, 3.05) is 6.61 Å². The van der Waals surface area contributed by atoms with Gasteiger partial charge in [0.1, 0.15) is 0 Å². The zero-order chi connectivity index (χ0) is 13.7. The van der Waals surface area contributed by atoms with Gasteiger partial charge in [0, 0.05) is 12.1 Å². The van der Waals surface area contributed by atoms with Gasteiger partial charge in [-0.3, -0.25) is 5.10 Å². The van der Waals surface area contributed by atoms with Crippen molar-refractivity contribution in [2.45, 2.75) is 13.3 Å². The summed E-state index contributed by atoms with van der Waals surface area (Å²) in [6.45, 7) is 2.07. The number of nitriles is 1. The first-order chi connectivity index (χ1) is 9.22. The van der Waals surface area contributed by atoms with Crippen molar-refractivity contribution >= 4 is 5.97 Å². The molecule has 5 heteroatoms. The number of hydrogen-bond acceptors (Lipinski definition) is 4. The molecule has 2 aromatic rings. The Morgan fingerprint density at radius 1 is 1.47 bits per heavy atom. The number of carbonyl (C=O) groups excluding carboxylic acids is 1. The van der Waals surface area contributed by atoms with Crippen LogP contribution < -0.4 is 0 Å². The predicted octanol–water partition coefficient (Wildman–Crippen LogP) is 2.05. The van der Waals surface area contributed by atoms with Crippen molar-refractivity contribution in [2.24, 2.45) is 0 Å². The minimum absolute atomic E-state index is 0.272. The lowest BCUT2D eigenvalue weighted by atomic mass is 10.1. The number of ether oxygens (including phenoxy) is 1. The molecule has 0 saturated carbocycles. The van der Waals surface area contributed by atoms with Crippen LogP contribution in [-0.4, -0.2) is 22.8 Å². The summed E-state index contributed by atoms with van der Waals surface area (Å²) >= 11 is 0.